The predicted octanol–water partition coefficient (Wildman–Crippen LogP) is 1.85. The summed E-state index contributed by atoms with van der Waals surface area (Å²) in [5.41, 5.74) is 0.153. The number of hydrogen-bond acceptors (Lipinski definition) is 6. The van der Waals surface area contributed by atoms with Gasteiger partial charge in [-0.2, -0.15) is 0 Å². The SMILES string of the molecule is COc1cccc(C[C@@]2(C(=O)O)CN(c3ncnc4[nH]ccc34)CC[C@@H]2O)c1. The number of methoxy groups -OCH3 is 1. The molecule has 1 aromatic carbocycles. The zero-order chi connectivity index (χ0) is 19.7. The van der Waals surface area contributed by atoms with E-state index in [9.17, 15) is 15.0 Å². The van der Waals surface area contributed by atoms with Gasteiger partial charge in [0.1, 0.15) is 29.0 Å². The van der Waals surface area contributed by atoms with E-state index < -0.39 is 17.5 Å². The minimum atomic E-state index is -1.35. The number of ether oxygens (including phenoxy) is 1. The molecule has 0 aliphatic carbocycles. The van der Waals surface area contributed by atoms with Crippen LogP contribution in [-0.4, -0.2) is 57.4 Å². The molecule has 1 fully saturated rings. The fraction of sp³-hybridized carbons (Fsp3) is 0.350. The third-order valence-electron chi connectivity index (χ3n) is 5.50. The number of nitrogens with zero attached hydrogens (tertiary/aromatic N) is 3. The molecule has 1 aliphatic heterocycles. The van der Waals surface area contributed by atoms with Crippen LogP contribution < -0.4 is 9.64 Å². The third-order valence-corrected chi connectivity index (χ3v) is 5.50. The minimum absolute atomic E-state index is 0.151. The molecule has 3 N–H and O–H groups in total. The van der Waals surface area contributed by atoms with Crippen molar-refractivity contribution in [2.75, 3.05) is 25.1 Å². The van der Waals surface area contributed by atoms with E-state index in [1.807, 2.05) is 35.2 Å². The molecule has 0 bridgehead atoms. The van der Waals surface area contributed by atoms with Crippen molar-refractivity contribution in [2.45, 2.75) is 18.9 Å². The van der Waals surface area contributed by atoms with E-state index in [2.05, 4.69) is 15.0 Å². The van der Waals surface area contributed by atoms with E-state index >= 15 is 0 Å². The molecule has 3 heterocycles. The maximum atomic E-state index is 12.4. The number of aromatic nitrogens is 3. The van der Waals surface area contributed by atoms with Gasteiger partial charge in [-0.15, -0.1) is 0 Å². The number of benzene rings is 1. The number of aromatic amines is 1. The van der Waals surface area contributed by atoms with Crippen molar-refractivity contribution in [3.63, 3.8) is 0 Å². The van der Waals surface area contributed by atoms with Gasteiger partial charge in [0.2, 0.25) is 0 Å². The van der Waals surface area contributed by atoms with Gasteiger partial charge in [0, 0.05) is 19.3 Å². The van der Waals surface area contributed by atoms with Crippen LogP contribution in [0.25, 0.3) is 11.0 Å². The average molecular weight is 382 g/mol. The number of hydrogen-bond donors (Lipinski definition) is 3. The predicted molar refractivity (Wildman–Crippen MR) is 103 cm³/mol. The standard InChI is InChI=1S/C20H22N4O4/c1-28-14-4-2-3-13(9-14)10-20(19(26)27)11-24(8-6-16(20)25)18-15-5-7-21-17(15)22-12-23-18/h2-5,7,9,12,16,25H,6,8,10-11H2,1H3,(H,26,27)(H,21,22,23)/t16-,20+/m0/s1. The van der Waals surface area contributed by atoms with Crippen LogP contribution in [0.15, 0.2) is 42.9 Å². The van der Waals surface area contributed by atoms with Gasteiger partial charge < -0.3 is 24.8 Å². The lowest BCUT2D eigenvalue weighted by Crippen LogP contribution is -2.57. The summed E-state index contributed by atoms with van der Waals surface area (Å²) < 4.78 is 5.25. The summed E-state index contributed by atoms with van der Waals surface area (Å²) in [5.74, 6) is 0.311. The molecular formula is C20H22N4O4. The Kier molecular flexibility index (Phi) is 4.64. The molecule has 2 aromatic heterocycles. The minimum Gasteiger partial charge on any atom is -0.497 e. The van der Waals surface area contributed by atoms with Gasteiger partial charge in [0.25, 0.3) is 0 Å². The monoisotopic (exact) mass is 382 g/mol. The van der Waals surface area contributed by atoms with Crippen LogP contribution in [0.2, 0.25) is 0 Å². The van der Waals surface area contributed by atoms with Gasteiger partial charge in [-0.05, 0) is 36.6 Å². The summed E-state index contributed by atoms with van der Waals surface area (Å²) in [4.78, 5) is 25.9. The lowest BCUT2D eigenvalue weighted by Gasteiger charge is -2.44. The van der Waals surface area contributed by atoms with Gasteiger partial charge in [-0.1, -0.05) is 12.1 Å². The Morgan fingerprint density at radius 1 is 1.39 bits per heavy atom. The second-order valence-corrected chi connectivity index (χ2v) is 7.15. The summed E-state index contributed by atoms with van der Waals surface area (Å²) in [5, 5.41) is 21.7. The molecule has 28 heavy (non-hydrogen) atoms. The van der Waals surface area contributed by atoms with Gasteiger partial charge in [0.15, 0.2) is 0 Å². The number of carboxylic acids is 1. The highest BCUT2D eigenvalue weighted by molar-refractivity contribution is 5.88. The number of carboxylic acid groups (broad SMARTS) is 1. The lowest BCUT2D eigenvalue weighted by molar-refractivity contribution is -0.157. The average Bonchev–Trinajstić information content (AvgIpc) is 3.18. The summed E-state index contributed by atoms with van der Waals surface area (Å²) in [6.45, 7) is 0.670. The van der Waals surface area contributed by atoms with E-state index in [0.29, 0.717) is 30.2 Å². The van der Waals surface area contributed by atoms with Crippen LogP contribution in [-0.2, 0) is 11.2 Å². The number of aliphatic hydroxyl groups is 1. The molecule has 1 aliphatic rings. The molecule has 0 amide bonds. The summed E-state index contributed by atoms with van der Waals surface area (Å²) in [6, 6.07) is 9.17. The number of aliphatic hydroxyl groups excluding tert-OH is 1. The molecule has 0 unspecified atom stereocenters. The van der Waals surface area contributed by atoms with Crippen LogP contribution >= 0.6 is 0 Å². The molecule has 1 saturated heterocycles. The first-order valence-electron chi connectivity index (χ1n) is 9.11. The second kappa shape index (κ2) is 7.12. The maximum Gasteiger partial charge on any atom is 0.314 e. The van der Waals surface area contributed by atoms with Gasteiger partial charge in [0.05, 0.1) is 18.6 Å². The highest BCUT2D eigenvalue weighted by Crippen LogP contribution is 2.38. The Labute approximate surface area is 161 Å². The summed E-state index contributed by atoms with van der Waals surface area (Å²) in [6.07, 6.45) is 2.81. The third kappa shape index (κ3) is 3.05. The first-order chi connectivity index (χ1) is 13.5. The van der Waals surface area contributed by atoms with E-state index in [0.717, 1.165) is 10.9 Å². The fourth-order valence-electron chi connectivity index (χ4n) is 3.98. The van der Waals surface area contributed by atoms with Crippen molar-refractivity contribution in [3.8, 4) is 5.75 Å². The van der Waals surface area contributed by atoms with Crippen LogP contribution in [0.4, 0.5) is 5.82 Å². The largest absolute Gasteiger partial charge is 0.497 e. The Morgan fingerprint density at radius 3 is 3.04 bits per heavy atom. The van der Waals surface area contributed by atoms with Crippen molar-refractivity contribution < 1.29 is 19.7 Å². The fourth-order valence-corrected chi connectivity index (χ4v) is 3.98. The lowest BCUT2D eigenvalue weighted by atomic mass is 9.72. The maximum absolute atomic E-state index is 12.4. The number of piperidine rings is 1. The second-order valence-electron chi connectivity index (χ2n) is 7.15. The van der Waals surface area contributed by atoms with E-state index in [1.54, 1.807) is 13.3 Å². The smallest absolute Gasteiger partial charge is 0.314 e. The molecule has 0 radical (unpaired) electrons. The molecule has 2 atom stereocenters. The van der Waals surface area contributed by atoms with Gasteiger partial charge >= 0.3 is 5.97 Å². The number of fused-ring (bicyclic) bond motifs is 1. The first kappa shape index (κ1) is 18.2. The Bertz CT molecular complexity index is 1000. The van der Waals surface area contributed by atoms with Crippen molar-refractivity contribution in [2.24, 2.45) is 5.41 Å². The number of H-pyrrole nitrogens is 1. The van der Waals surface area contributed by atoms with Crippen LogP contribution in [0.1, 0.15) is 12.0 Å². The molecule has 3 aromatic rings. The molecule has 8 heteroatoms. The highest BCUT2D eigenvalue weighted by atomic mass is 16.5. The van der Waals surface area contributed by atoms with Crippen molar-refractivity contribution in [1.82, 2.24) is 15.0 Å². The van der Waals surface area contributed by atoms with Gasteiger partial charge in [-0.3, -0.25) is 4.79 Å². The summed E-state index contributed by atoms with van der Waals surface area (Å²) >= 11 is 0. The van der Waals surface area contributed by atoms with Crippen molar-refractivity contribution >= 4 is 22.8 Å². The zero-order valence-corrected chi connectivity index (χ0v) is 15.5. The topological polar surface area (TPSA) is 112 Å². The van der Waals surface area contributed by atoms with E-state index in [1.165, 1.54) is 6.33 Å². The molecular weight excluding hydrogens is 360 g/mol. The van der Waals surface area contributed by atoms with Gasteiger partial charge in [-0.25, -0.2) is 9.97 Å². The molecule has 146 valence electrons. The van der Waals surface area contributed by atoms with Crippen molar-refractivity contribution in [1.29, 1.82) is 0 Å². The van der Waals surface area contributed by atoms with Crippen LogP contribution in [0, 0.1) is 5.41 Å². The van der Waals surface area contributed by atoms with Crippen molar-refractivity contribution in [3.05, 3.63) is 48.4 Å². The number of aliphatic carboxylic acids is 1. The van der Waals surface area contributed by atoms with Crippen LogP contribution in [0.3, 0.4) is 0 Å². The number of carbonyl (C=O) groups is 1. The van der Waals surface area contributed by atoms with Crippen LogP contribution in [0.5, 0.6) is 5.75 Å². The van der Waals surface area contributed by atoms with E-state index in [4.69, 9.17) is 4.74 Å². The number of nitrogens with one attached hydrogen (secondary N) is 1. The Balaban J connectivity index is 1.71. The molecule has 8 nitrogen and oxygen atoms in total. The molecule has 4 rings (SSSR count). The molecule has 0 saturated carbocycles. The number of rotatable bonds is 5. The first-order valence-corrected chi connectivity index (χ1v) is 9.11. The number of anilines is 1. The zero-order valence-electron chi connectivity index (χ0n) is 15.5. The summed E-state index contributed by atoms with van der Waals surface area (Å²) in [7, 11) is 1.57. The molecule has 0 spiro atoms. The highest BCUT2D eigenvalue weighted by Gasteiger charge is 2.49. The Hall–Kier alpha value is -3.13. The quantitative estimate of drug-likeness (QED) is 0.617. The Morgan fingerprint density at radius 2 is 2.25 bits per heavy atom. The van der Waals surface area contributed by atoms with E-state index in [-0.39, 0.29) is 13.0 Å². The normalized spacial score (nSPS) is 22.4.